The zero-order chi connectivity index (χ0) is 23.8. The first-order valence-electron chi connectivity index (χ1n) is 10.9. The number of benzene rings is 2. The number of carbonyl (C=O) groups excluding carboxylic acids is 2. The van der Waals surface area contributed by atoms with Crippen LogP contribution in [0.15, 0.2) is 54.1 Å². The number of ketones is 1. The molecule has 0 saturated carbocycles. The molecule has 1 aliphatic heterocycles. The van der Waals surface area contributed by atoms with E-state index in [1.165, 1.54) is 4.90 Å². The molecule has 0 spiro atoms. The summed E-state index contributed by atoms with van der Waals surface area (Å²) in [4.78, 5) is 27.3. The third-order valence-corrected chi connectivity index (χ3v) is 5.20. The second-order valence-corrected chi connectivity index (χ2v) is 7.29. The van der Waals surface area contributed by atoms with Crippen LogP contribution in [-0.2, 0) is 14.3 Å². The molecule has 2 N–H and O–H groups in total. The smallest absolute Gasteiger partial charge is 0.295 e. The van der Waals surface area contributed by atoms with E-state index in [9.17, 15) is 14.7 Å². The molecular weight excluding hydrogens is 426 g/mol. The Morgan fingerprint density at radius 2 is 1.48 bits per heavy atom. The van der Waals surface area contributed by atoms with Crippen molar-refractivity contribution >= 4 is 17.4 Å². The summed E-state index contributed by atoms with van der Waals surface area (Å²) < 4.78 is 16.2. The van der Waals surface area contributed by atoms with Crippen LogP contribution in [0.4, 0.5) is 0 Å². The van der Waals surface area contributed by atoms with Gasteiger partial charge in [0.2, 0.25) is 0 Å². The number of rotatable bonds is 11. The van der Waals surface area contributed by atoms with E-state index in [1.807, 2.05) is 13.8 Å². The number of carbonyl (C=O) groups is 2. The number of hydrogen-bond acceptors (Lipinski definition) is 7. The summed E-state index contributed by atoms with van der Waals surface area (Å²) in [6.07, 6.45) is 0. The average molecular weight is 456 g/mol. The summed E-state index contributed by atoms with van der Waals surface area (Å²) in [5.41, 5.74) is 1.08. The molecule has 1 fully saturated rings. The Kier molecular flexibility index (Phi) is 8.46. The topological polar surface area (TPSA) is 106 Å². The van der Waals surface area contributed by atoms with E-state index in [-0.39, 0.29) is 37.7 Å². The van der Waals surface area contributed by atoms with Crippen molar-refractivity contribution in [2.24, 2.45) is 0 Å². The third-order valence-electron chi connectivity index (χ3n) is 5.20. The first kappa shape index (κ1) is 24.3. The Labute approximate surface area is 193 Å². The first-order valence-corrected chi connectivity index (χ1v) is 10.9. The van der Waals surface area contributed by atoms with Crippen LogP contribution in [0.25, 0.3) is 5.76 Å². The third kappa shape index (κ3) is 5.53. The van der Waals surface area contributed by atoms with Crippen molar-refractivity contribution in [2.45, 2.75) is 19.9 Å². The number of aliphatic hydroxyl groups excluding tert-OH is 2. The fraction of sp³-hybridized carbons (Fsp3) is 0.360. The highest BCUT2D eigenvalue weighted by molar-refractivity contribution is 6.46. The lowest BCUT2D eigenvalue weighted by Crippen LogP contribution is -2.33. The Balaban J connectivity index is 2.01. The summed E-state index contributed by atoms with van der Waals surface area (Å²) in [5, 5.41) is 20.0. The molecular formula is C25H29NO7. The van der Waals surface area contributed by atoms with Gasteiger partial charge < -0.3 is 29.3 Å². The second kappa shape index (κ2) is 11.5. The molecule has 3 rings (SSSR count). The standard InChI is InChI=1S/C25H29NO7/c1-3-32-19-9-5-17(6-10-19)22-21(23(28)18-7-11-20(12-8-18)33-4-2)24(29)25(30)26(22)13-15-31-16-14-27/h5-12,22,27-28H,3-4,13-16H2,1-2H3. The van der Waals surface area contributed by atoms with Crippen LogP contribution in [-0.4, -0.2) is 66.4 Å². The summed E-state index contributed by atoms with van der Waals surface area (Å²) in [6, 6.07) is 13.0. The van der Waals surface area contributed by atoms with Gasteiger partial charge in [-0.1, -0.05) is 12.1 Å². The van der Waals surface area contributed by atoms with Gasteiger partial charge in [-0.25, -0.2) is 0 Å². The van der Waals surface area contributed by atoms with E-state index in [1.54, 1.807) is 48.5 Å². The van der Waals surface area contributed by atoms with Crippen molar-refractivity contribution in [3.63, 3.8) is 0 Å². The molecule has 1 amide bonds. The molecule has 8 heteroatoms. The SMILES string of the molecule is CCOc1ccc(C(O)=C2C(=O)C(=O)N(CCOCCO)C2c2ccc(OCC)cc2)cc1. The van der Waals surface area contributed by atoms with E-state index in [0.717, 1.165) is 0 Å². The van der Waals surface area contributed by atoms with E-state index >= 15 is 0 Å². The van der Waals surface area contributed by atoms with E-state index in [0.29, 0.717) is 35.8 Å². The Hall–Kier alpha value is -3.36. The number of likely N-dealkylation sites (tertiary alicyclic amines) is 1. The number of aliphatic hydroxyl groups is 2. The number of hydrogen-bond donors (Lipinski definition) is 2. The van der Waals surface area contributed by atoms with Crippen LogP contribution in [0.2, 0.25) is 0 Å². The molecule has 176 valence electrons. The average Bonchev–Trinajstić information content (AvgIpc) is 3.08. The van der Waals surface area contributed by atoms with Gasteiger partial charge in [-0.05, 0) is 55.8 Å². The number of Topliss-reactive ketones (excluding diaryl/α,β-unsaturated/α-hetero) is 1. The van der Waals surface area contributed by atoms with Crippen molar-refractivity contribution < 1.29 is 34.0 Å². The van der Waals surface area contributed by atoms with Gasteiger partial charge in [-0.3, -0.25) is 9.59 Å². The molecule has 2 aromatic carbocycles. The maximum absolute atomic E-state index is 13.0. The minimum atomic E-state index is -0.787. The van der Waals surface area contributed by atoms with Gasteiger partial charge in [-0.15, -0.1) is 0 Å². The zero-order valence-electron chi connectivity index (χ0n) is 18.8. The Morgan fingerprint density at radius 1 is 0.909 bits per heavy atom. The highest BCUT2D eigenvalue weighted by Gasteiger charge is 2.45. The quantitative estimate of drug-likeness (QED) is 0.232. The van der Waals surface area contributed by atoms with Gasteiger partial charge in [0.15, 0.2) is 0 Å². The van der Waals surface area contributed by atoms with E-state index in [4.69, 9.17) is 19.3 Å². The van der Waals surface area contributed by atoms with Crippen molar-refractivity contribution in [3.05, 3.63) is 65.2 Å². The van der Waals surface area contributed by atoms with E-state index in [2.05, 4.69) is 0 Å². The van der Waals surface area contributed by atoms with Crippen LogP contribution < -0.4 is 9.47 Å². The van der Waals surface area contributed by atoms with Gasteiger partial charge in [0.05, 0.1) is 44.6 Å². The number of ether oxygens (including phenoxy) is 3. The van der Waals surface area contributed by atoms with Crippen molar-refractivity contribution in [1.29, 1.82) is 0 Å². The lowest BCUT2D eigenvalue weighted by molar-refractivity contribution is -0.140. The van der Waals surface area contributed by atoms with Crippen molar-refractivity contribution in [2.75, 3.05) is 39.6 Å². The first-order chi connectivity index (χ1) is 16.0. The maximum Gasteiger partial charge on any atom is 0.295 e. The Morgan fingerprint density at radius 3 is 2.03 bits per heavy atom. The largest absolute Gasteiger partial charge is 0.507 e. The molecule has 0 aliphatic carbocycles. The molecule has 0 radical (unpaired) electrons. The summed E-state index contributed by atoms with van der Waals surface area (Å²) in [7, 11) is 0. The van der Waals surface area contributed by atoms with Gasteiger partial charge in [0.1, 0.15) is 17.3 Å². The minimum Gasteiger partial charge on any atom is -0.507 e. The lowest BCUT2D eigenvalue weighted by Gasteiger charge is -2.25. The van der Waals surface area contributed by atoms with Crippen LogP contribution >= 0.6 is 0 Å². The lowest BCUT2D eigenvalue weighted by atomic mass is 9.95. The molecule has 33 heavy (non-hydrogen) atoms. The molecule has 1 unspecified atom stereocenters. The van der Waals surface area contributed by atoms with Crippen LogP contribution in [0.5, 0.6) is 11.5 Å². The molecule has 1 heterocycles. The second-order valence-electron chi connectivity index (χ2n) is 7.29. The summed E-state index contributed by atoms with van der Waals surface area (Å²) in [6.45, 7) is 5.03. The predicted octanol–water partition coefficient (Wildman–Crippen LogP) is 2.91. The molecule has 0 aromatic heterocycles. The minimum absolute atomic E-state index is 0.00970. The van der Waals surface area contributed by atoms with Gasteiger partial charge in [-0.2, -0.15) is 0 Å². The molecule has 1 atom stereocenters. The molecule has 0 bridgehead atoms. The molecule has 1 saturated heterocycles. The fourth-order valence-electron chi connectivity index (χ4n) is 3.73. The molecule has 1 aliphatic rings. The highest BCUT2D eigenvalue weighted by atomic mass is 16.5. The Bertz CT molecular complexity index is 983. The summed E-state index contributed by atoms with van der Waals surface area (Å²) >= 11 is 0. The molecule has 2 aromatic rings. The number of amides is 1. The summed E-state index contributed by atoms with van der Waals surface area (Å²) in [5.74, 6) is -0.431. The van der Waals surface area contributed by atoms with Crippen LogP contribution in [0.3, 0.4) is 0 Å². The van der Waals surface area contributed by atoms with Crippen molar-refractivity contribution in [3.8, 4) is 11.5 Å². The van der Waals surface area contributed by atoms with E-state index < -0.39 is 17.7 Å². The van der Waals surface area contributed by atoms with Crippen LogP contribution in [0.1, 0.15) is 31.0 Å². The fourth-order valence-corrected chi connectivity index (χ4v) is 3.73. The van der Waals surface area contributed by atoms with Crippen molar-refractivity contribution in [1.82, 2.24) is 4.90 Å². The van der Waals surface area contributed by atoms with Crippen LogP contribution in [0, 0.1) is 0 Å². The van der Waals surface area contributed by atoms with Gasteiger partial charge in [0, 0.05) is 12.1 Å². The number of nitrogens with zero attached hydrogens (tertiary/aromatic N) is 1. The zero-order valence-corrected chi connectivity index (χ0v) is 18.8. The van der Waals surface area contributed by atoms with Gasteiger partial charge >= 0.3 is 0 Å². The normalized spacial score (nSPS) is 17.4. The monoisotopic (exact) mass is 455 g/mol. The highest BCUT2D eigenvalue weighted by Crippen LogP contribution is 2.39. The van der Waals surface area contributed by atoms with Gasteiger partial charge in [0.25, 0.3) is 11.7 Å². The molecule has 8 nitrogen and oxygen atoms in total. The predicted molar refractivity (Wildman–Crippen MR) is 122 cm³/mol. The maximum atomic E-state index is 13.0.